The molecule has 1 aliphatic rings. The van der Waals surface area contributed by atoms with E-state index in [9.17, 15) is 4.79 Å². The van der Waals surface area contributed by atoms with Crippen molar-refractivity contribution in [2.45, 2.75) is 19.4 Å². The highest BCUT2D eigenvalue weighted by atomic mass is 35.5. The summed E-state index contributed by atoms with van der Waals surface area (Å²) in [4.78, 5) is 12.6. The Kier molecular flexibility index (Phi) is 7.61. The quantitative estimate of drug-likeness (QED) is 0.817. The number of methoxy groups -OCH3 is 2. The topological polar surface area (TPSA) is 82.8 Å². The minimum absolute atomic E-state index is 0. The molecule has 1 fully saturated rings. The van der Waals surface area contributed by atoms with Gasteiger partial charge in [-0.05, 0) is 18.9 Å². The van der Waals surface area contributed by atoms with Crippen LogP contribution in [0.4, 0.5) is 0 Å². The van der Waals surface area contributed by atoms with Crippen molar-refractivity contribution in [3.8, 4) is 11.5 Å². The minimum atomic E-state index is -0.523. The second-order valence-corrected chi connectivity index (χ2v) is 5.43. The number of ether oxygens (including phenoxy) is 3. The second-order valence-electron chi connectivity index (χ2n) is 5.43. The van der Waals surface area contributed by atoms with Crippen LogP contribution in [0.2, 0.25) is 0 Å². The Morgan fingerprint density at radius 3 is 2.57 bits per heavy atom. The van der Waals surface area contributed by atoms with Crippen molar-refractivity contribution in [3.05, 3.63) is 23.8 Å². The first kappa shape index (κ1) is 19.5. The molecule has 0 aromatic heterocycles. The largest absolute Gasteiger partial charge is 0.493 e. The molecular formula is C16H25ClN2O4. The summed E-state index contributed by atoms with van der Waals surface area (Å²) in [5, 5.41) is 2.98. The predicted molar refractivity (Wildman–Crippen MR) is 90.2 cm³/mol. The second kappa shape index (κ2) is 8.96. The van der Waals surface area contributed by atoms with E-state index in [-0.39, 0.29) is 18.3 Å². The van der Waals surface area contributed by atoms with Gasteiger partial charge < -0.3 is 25.3 Å². The molecule has 1 aromatic carbocycles. The average molecular weight is 345 g/mol. The number of benzene rings is 1. The number of amides is 1. The van der Waals surface area contributed by atoms with Gasteiger partial charge in [0.05, 0.1) is 19.6 Å². The molecule has 0 radical (unpaired) electrons. The SMILES string of the molecule is COc1cccc(CNC(=O)C2(CN)CCOCC2)c1OC.Cl. The summed E-state index contributed by atoms with van der Waals surface area (Å²) in [7, 11) is 3.18. The molecule has 0 atom stereocenters. The van der Waals surface area contributed by atoms with Gasteiger partial charge in [0, 0.05) is 31.9 Å². The maximum atomic E-state index is 12.6. The summed E-state index contributed by atoms with van der Waals surface area (Å²) in [6, 6.07) is 5.60. The van der Waals surface area contributed by atoms with Crippen molar-refractivity contribution >= 4 is 18.3 Å². The lowest BCUT2D eigenvalue weighted by Crippen LogP contribution is -2.49. The van der Waals surface area contributed by atoms with Gasteiger partial charge in [-0.2, -0.15) is 0 Å². The molecule has 6 nitrogen and oxygen atoms in total. The summed E-state index contributed by atoms with van der Waals surface area (Å²) in [5.74, 6) is 1.26. The van der Waals surface area contributed by atoms with E-state index < -0.39 is 5.41 Å². The molecule has 0 aliphatic carbocycles. The first-order valence-electron chi connectivity index (χ1n) is 7.43. The number of para-hydroxylation sites is 1. The Morgan fingerprint density at radius 2 is 2.00 bits per heavy atom. The summed E-state index contributed by atoms with van der Waals surface area (Å²) in [6.07, 6.45) is 1.31. The summed E-state index contributed by atoms with van der Waals surface area (Å²) in [5.41, 5.74) is 6.20. The van der Waals surface area contributed by atoms with Crippen molar-refractivity contribution < 1.29 is 19.0 Å². The Labute approximate surface area is 143 Å². The van der Waals surface area contributed by atoms with E-state index in [1.165, 1.54) is 0 Å². The van der Waals surface area contributed by atoms with Crippen molar-refractivity contribution in [1.82, 2.24) is 5.32 Å². The van der Waals surface area contributed by atoms with Crippen LogP contribution in [0.1, 0.15) is 18.4 Å². The van der Waals surface area contributed by atoms with Gasteiger partial charge >= 0.3 is 0 Å². The third-order valence-corrected chi connectivity index (χ3v) is 4.25. The molecule has 1 aliphatic heterocycles. The van der Waals surface area contributed by atoms with Crippen molar-refractivity contribution in [2.24, 2.45) is 11.1 Å². The highest BCUT2D eigenvalue weighted by Crippen LogP contribution is 2.32. The zero-order chi connectivity index (χ0) is 16.0. The smallest absolute Gasteiger partial charge is 0.227 e. The lowest BCUT2D eigenvalue weighted by Gasteiger charge is -2.34. The van der Waals surface area contributed by atoms with Crippen LogP contribution in [-0.2, 0) is 16.1 Å². The van der Waals surface area contributed by atoms with Crippen LogP contribution in [-0.4, -0.2) is 39.9 Å². The fraction of sp³-hybridized carbons (Fsp3) is 0.562. The predicted octanol–water partition coefficient (Wildman–Crippen LogP) is 1.50. The molecule has 3 N–H and O–H groups in total. The summed E-state index contributed by atoms with van der Waals surface area (Å²) in [6.45, 7) is 1.86. The Hall–Kier alpha value is -1.50. The lowest BCUT2D eigenvalue weighted by atomic mass is 9.79. The number of nitrogens with two attached hydrogens (primary N) is 1. The third-order valence-electron chi connectivity index (χ3n) is 4.25. The van der Waals surface area contributed by atoms with Crippen molar-refractivity contribution in [3.63, 3.8) is 0 Å². The zero-order valence-electron chi connectivity index (χ0n) is 13.6. The molecule has 130 valence electrons. The first-order chi connectivity index (χ1) is 10.7. The molecule has 1 aromatic rings. The fourth-order valence-corrected chi connectivity index (χ4v) is 2.74. The highest BCUT2D eigenvalue weighted by molar-refractivity contribution is 5.85. The molecule has 7 heteroatoms. The Bertz CT molecular complexity index is 519. The van der Waals surface area contributed by atoms with E-state index in [0.717, 1.165) is 5.56 Å². The first-order valence-corrected chi connectivity index (χ1v) is 7.43. The number of rotatable bonds is 6. The molecule has 2 rings (SSSR count). The molecule has 1 amide bonds. The van der Waals surface area contributed by atoms with Gasteiger partial charge in [-0.3, -0.25) is 4.79 Å². The third kappa shape index (κ3) is 4.28. The molecule has 0 bridgehead atoms. The van der Waals surface area contributed by atoms with E-state index in [4.69, 9.17) is 19.9 Å². The van der Waals surface area contributed by atoms with Crippen LogP contribution in [0.3, 0.4) is 0 Å². The molecule has 1 heterocycles. The number of carbonyl (C=O) groups excluding carboxylic acids is 1. The number of hydrogen-bond acceptors (Lipinski definition) is 5. The van der Waals surface area contributed by atoms with Crippen LogP contribution in [0.25, 0.3) is 0 Å². The summed E-state index contributed by atoms with van der Waals surface area (Å²) < 4.78 is 16.0. The number of nitrogens with one attached hydrogen (secondary N) is 1. The van der Waals surface area contributed by atoms with Crippen LogP contribution in [0, 0.1) is 5.41 Å². The van der Waals surface area contributed by atoms with Gasteiger partial charge in [0.15, 0.2) is 11.5 Å². The van der Waals surface area contributed by atoms with Crippen molar-refractivity contribution in [2.75, 3.05) is 34.0 Å². The molecule has 0 saturated carbocycles. The van der Waals surface area contributed by atoms with E-state index >= 15 is 0 Å². The van der Waals surface area contributed by atoms with Crippen LogP contribution >= 0.6 is 12.4 Å². The Morgan fingerprint density at radius 1 is 1.30 bits per heavy atom. The Balaban J connectivity index is 0.00000264. The molecule has 1 saturated heterocycles. The minimum Gasteiger partial charge on any atom is -0.493 e. The summed E-state index contributed by atoms with van der Waals surface area (Å²) >= 11 is 0. The van der Waals surface area contributed by atoms with Crippen molar-refractivity contribution in [1.29, 1.82) is 0 Å². The van der Waals surface area contributed by atoms with Crippen LogP contribution in [0.15, 0.2) is 18.2 Å². The highest BCUT2D eigenvalue weighted by Gasteiger charge is 2.38. The molecule has 0 unspecified atom stereocenters. The van der Waals surface area contributed by atoms with E-state index in [2.05, 4.69) is 5.32 Å². The number of halogens is 1. The maximum Gasteiger partial charge on any atom is 0.227 e. The normalized spacial score (nSPS) is 16.1. The van der Waals surface area contributed by atoms with Gasteiger partial charge in [0.25, 0.3) is 0 Å². The number of hydrogen-bond donors (Lipinski definition) is 2. The standard InChI is InChI=1S/C16H24N2O4.ClH/c1-20-13-5-3-4-12(14(13)21-2)10-18-15(19)16(11-17)6-8-22-9-7-16;/h3-5H,6-11,17H2,1-2H3,(H,18,19);1H. The van der Waals surface area contributed by atoms with E-state index in [1.807, 2.05) is 18.2 Å². The zero-order valence-corrected chi connectivity index (χ0v) is 14.4. The lowest BCUT2D eigenvalue weighted by molar-refractivity contribution is -0.136. The van der Waals surface area contributed by atoms with Gasteiger partial charge in [0.1, 0.15) is 0 Å². The van der Waals surface area contributed by atoms with Crippen LogP contribution in [0.5, 0.6) is 11.5 Å². The maximum absolute atomic E-state index is 12.6. The van der Waals surface area contributed by atoms with E-state index in [0.29, 0.717) is 50.6 Å². The molecule has 0 spiro atoms. The average Bonchev–Trinajstić information content (AvgIpc) is 2.59. The van der Waals surface area contributed by atoms with E-state index in [1.54, 1.807) is 14.2 Å². The number of carbonyl (C=O) groups is 1. The van der Waals surface area contributed by atoms with Gasteiger partial charge in [-0.15, -0.1) is 12.4 Å². The van der Waals surface area contributed by atoms with Gasteiger partial charge in [-0.25, -0.2) is 0 Å². The molecular weight excluding hydrogens is 320 g/mol. The fourth-order valence-electron chi connectivity index (χ4n) is 2.74. The monoisotopic (exact) mass is 344 g/mol. The van der Waals surface area contributed by atoms with Crippen LogP contribution < -0.4 is 20.5 Å². The molecule has 23 heavy (non-hydrogen) atoms. The van der Waals surface area contributed by atoms with Gasteiger partial charge in [0.2, 0.25) is 5.91 Å². The van der Waals surface area contributed by atoms with Gasteiger partial charge in [-0.1, -0.05) is 12.1 Å².